The van der Waals surface area contributed by atoms with Gasteiger partial charge in [-0.05, 0) is 68.4 Å². The molecule has 1 aromatic carbocycles. The molecule has 8 nitrogen and oxygen atoms in total. The van der Waals surface area contributed by atoms with Crippen LogP contribution in [0.5, 0.6) is 0 Å². The van der Waals surface area contributed by atoms with E-state index in [0.717, 1.165) is 67.1 Å². The number of carbonyl (C=O) groups excluding carboxylic acids is 1. The normalized spacial score (nSPS) is 14.9. The Labute approximate surface area is 213 Å². The van der Waals surface area contributed by atoms with Crippen molar-refractivity contribution in [1.82, 2.24) is 19.3 Å². The third kappa shape index (κ3) is 4.33. The lowest BCUT2D eigenvalue weighted by atomic mass is 9.95. The molecule has 0 unspecified atom stereocenters. The van der Waals surface area contributed by atoms with E-state index >= 15 is 0 Å². The van der Waals surface area contributed by atoms with Crippen molar-refractivity contribution >= 4 is 23.5 Å². The Kier molecular flexibility index (Phi) is 6.11. The lowest BCUT2D eigenvalue weighted by Crippen LogP contribution is -2.18. The fraction of sp³-hybridized carbons (Fsp3) is 0.333. The summed E-state index contributed by atoms with van der Waals surface area (Å²) in [5, 5.41) is 22.6. The summed E-state index contributed by atoms with van der Waals surface area (Å²) in [4.78, 5) is 13.2. The van der Waals surface area contributed by atoms with Crippen LogP contribution in [0.2, 0.25) is 0 Å². The highest BCUT2D eigenvalue weighted by Crippen LogP contribution is 2.40. The summed E-state index contributed by atoms with van der Waals surface area (Å²) in [5.74, 6) is 2.76. The van der Waals surface area contributed by atoms with Crippen LogP contribution in [-0.2, 0) is 24.2 Å². The largest absolute Gasteiger partial charge is 0.467 e. The molecule has 3 aromatic heterocycles. The molecule has 1 saturated carbocycles. The van der Waals surface area contributed by atoms with Crippen molar-refractivity contribution in [2.75, 3.05) is 11.1 Å². The predicted molar refractivity (Wildman–Crippen MR) is 136 cm³/mol. The standard InChI is InChI=1S/C27H26N6O2S/c28-15-22-21-10-4-5-11-23(21)33(19-7-2-1-3-8-19)26(22)29-24(34)17-36-27-31-30-25(18-12-13-18)32(27)16-20-9-6-14-35-20/h1-3,6-9,14,18H,4-5,10-13,16-17H2,(H,29,34). The maximum atomic E-state index is 13.2. The monoisotopic (exact) mass is 498 g/mol. The van der Waals surface area contributed by atoms with Crippen molar-refractivity contribution in [2.24, 2.45) is 0 Å². The third-order valence-electron chi connectivity index (χ3n) is 6.77. The summed E-state index contributed by atoms with van der Waals surface area (Å²) in [6.45, 7) is 0.540. The van der Waals surface area contributed by atoms with Crippen molar-refractivity contribution in [1.29, 1.82) is 5.26 Å². The molecule has 3 heterocycles. The van der Waals surface area contributed by atoms with Gasteiger partial charge in [0.1, 0.15) is 23.5 Å². The van der Waals surface area contributed by atoms with E-state index in [0.29, 0.717) is 29.0 Å². The number of nitriles is 1. The summed E-state index contributed by atoms with van der Waals surface area (Å²) in [6.07, 6.45) is 7.76. The average Bonchev–Trinajstić information content (AvgIpc) is 3.32. The first-order valence-corrected chi connectivity index (χ1v) is 13.3. The summed E-state index contributed by atoms with van der Waals surface area (Å²) in [6, 6.07) is 16.1. The highest BCUT2D eigenvalue weighted by molar-refractivity contribution is 7.99. The first kappa shape index (κ1) is 22.7. The van der Waals surface area contributed by atoms with Gasteiger partial charge in [-0.25, -0.2) is 0 Å². The van der Waals surface area contributed by atoms with Gasteiger partial charge in [0.25, 0.3) is 0 Å². The van der Waals surface area contributed by atoms with Crippen LogP contribution in [0, 0.1) is 11.3 Å². The molecule has 1 N–H and O–H groups in total. The number of hydrogen-bond acceptors (Lipinski definition) is 6. The smallest absolute Gasteiger partial charge is 0.236 e. The number of carbonyl (C=O) groups is 1. The molecule has 4 aromatic rings. The third-order valence-corrected chi connectivity index (χ3v) is 7.74. The number of anilines is 1. The van der Waals surface area contributed by atoms with E-state index in [1.165, 1.54) is 11.8 Å². The number of hydrogen-bond donors (Lipinski definition) is 1. The first-order chi connectivity index (χ1) is 17.7. The number of nitrogens with one attached hydrogen (secondary N) is 1. The molecule has 36 heavy (non-hydrogen) atoms. The van der Waals surface area contributed by atoms with Crippen LogP contribution < -0.4 is 5.32 Å². The van der Waals surface area contributed by atoms with Crippen LogP contribution in [0.15, 0.2) is 58.3 Å². The molecule has 0 atom stereocenters. The Hall–Kier alpha value is -3.77. The van der Waals surface area contributed by atoms with Gasteiger partial charge in [0, 0.05) is 17.3 Å². The molecular formula is C27H26N6O2S. The van der Waals surface area contributed by atoms with Crippen LogP contribution in [0.4, 0.5) is 5.82 Å². The van der Waals surface area contributed by atoms with Gasteiger partial charge in [-0.1, -0.05) is 30.0 Å². The van der Waals surface area contributed by atoms with Gasteiger partial charge in [0.05, 0.1) is 24.1 Å². The second-order valence-corrected chi connectivity index (χ2v) is 10.2. The minimum Gasteiger partial charge on any atom is -0.467 e. The van der Waals surface area contributed by atoms with Gasteiger partial charge in [-0.3, -0.25) is 13.9 Å². The number of amides is 1. The van der Waals surface area contributed by atoms with Gasteiger partial charge in [-0.2, -0.15) is 5.26 Å². The maximum Gasteiger partial charge on any atom is 0.236 e. The number of para-hydroxylation sites is 1. The predicted octanol–water partition coefficient (Wildman–Crippen LogP) is 5.07. The number of aromatic nitrogens is 4. The van der Waals surface area contributed by atoms with E-state index < -0.39 is 0 Å². The van der Waals surface area contributed by atoms with E-state index in [2.05, 4.69) is 30.7 Å². The lowest BCUT2D eigenvalue weighted by molar-refractivity contribution is -0.113. The van der Waals surface area contributed by atoms with Crippen molar-refractivity contribution < 1.29 is 9.21 Å². The quantitative estimate of drug-likeness (QED) is 0.340. The number of fused-ring (bicyclic) bond motifs is 1. The molecule has 1 fully saturated rings. The Balaban J connectivity index is 1.25. The fourth-order valence-corrected chi connectivity index (χ4v) is 5.70. The fourth-order valence-electron chi connectivity index (χ4n) is 4.95. The average molecular weight is 499 g/mol. The molecule has 182 valence electrons. The minimum atomic E-state index is -0.177. The summed E-state index contributed by atoms with van der Waals surface area (Å²) < 4.78 is 9.66. The van der Waals surface area contributed by atoms with Crippen molar-refractivity contribution in [3.63, 3.8) is 0 Å². The zero-order valence-corrected chi connectivity index (χ0v) is 20.6. The van der Waals surface area contributed by atoms with Gasteiger partial charge in [-0.15, -0.1) is 10.2 Å². The van der Waals surface area contributed by atoms with Crippen molar-refractivity contribution in [3.8, 4) is 11.8 Å². The summed E-state index contributed by atoms with van der Waals surface area (Å²) >= 11 is 1.36. The second kappa shape index (κ2) is 9.70. The number of furan rings is 1. The SMILES string of the molecule is N#Cc1c2c(n(-c3ccccc3)c1NC(=O)CSc1nnc(C3CC3)n1Cc1ccco1)CCCC2. The van der Waals surface area contributed by atoms with Gasteiger partial charge >= 0.3 is 0 Å². The molecule has 0 radical (unpaired) electrons. The first-order valence-electron chi connectivity index (χ1n) is 12.3. The molecule has 2 aliphatic carbocycles. The zero-order chi connectivity index (χ0) is 24.5. The molecule has 2 aliphatic rings. The van der Waals surface area contributed by atoms with Crippen molar-refractivity contribution in [3.05, 3.63) is 77.1 Å². The Morgan fingerprint density at radius 2 is 1.97 bits per heavy atom. The van der Waals surface area contributed by atoms with E-state index in [4.69, 9.17) is 4.42 Å². The summed E-state index contributed by atoms with van der Waals surface area (Å²) in [5.41, 5.74) is 3.71. The number of rotatable bonds is 8. The van der Waals surface area contributed by atoms with Gasteiger partial charge in [0.2, 0.25) is 5.91 Å². The van der Waals surface area contributed by atoms with Crippen LogP contribution in [-0.4, -0.2) is 31.0 Å². The van der Waals surface area contributed by atoms with E-state index in [9.17, 15) is 10.1 Å². The Morgan fingerprint density at radius 1 is 1.14 bits per heavy atom. The molecule has 1 amide bonds. The van der Waals surface area contributed by atoms with Gasteiger partial charge in [0.15, 0.2) is 5.16 Å². The lowest BCUT2D eigenvalue weighted by Gasteiger charge is -2.17. The van der Waals surface area contributed by atoms with E-state index in [1.54, 1.807) is 6.26 Å². The number of nitrogens with zero attached hydrogens (tertiary/aromatic N) is 5. The van der Waals surface area contributed by atoms with Crippen LogP contribution >= 0.6 is 11.8 Å². The highest BCUT2D eigenvalue weighted by atomic mass is 32.2. The van der Waals surface area contributed by atoms with E-state index in [1.807, 2.05) is 42.5 Å². The molecule has 0 bridgehead atoms. The van der Waals surface area contributed by atoms with Crippen LogP contribution in [0.1, 0.15) is 60.0 Å². The van der Waals surface area contributed by atoms with Crippen LogP contribution in [0.25, 0.3) is 5.69 Å². The highest BCUT2D eigenvalue weighted by Gasteiger charge is 2.31. The molecule has 0 saturated heterocycles. The second-order valence-electron chi connectivity index (χ2n) is 9.26. The van der Waals surface area contributed by atoms with Gasteiger partial charge < -0.3 is 9.73 Å². The molecule has 0 spiro atoms. The minimum absolute atomic E-state index is 0.163. The topological polar surface area (TPSA) is 102 Å². The number of benzene rings is 1. The maximum absolute atomic E-state index is 13.2. The van der Waals surface area contributed by atoms with Crippen molar-refractivity contribution in [2.45, 2.75) is 56.1 Å². The Bertz CT molecular complexity index is 1430. The van der Waals surface area contributed by atoms with Crippen LogP contribution in [0.3, 0.4) is 0 Å². The molecule has 6 rings (SSSR count). The van der Waals surface area contributed by atoms with E-state index in [-0.39, 0.29) is 11.7 Å². The molecule has 0 aliphatic heterocycles. The number of thioether (sulfide) groups is 1. The zero-order valence-electron chi connectivity index (χ0n) is 19.8. The molecule has 9 heteroatoms. The Morgan fingerprint density at radius 3 is 2.72 bits per heavy atom. The molecular weight excluding hydrogens is 472 g/mol. The summed E-state index contributed by atoms with van der Waals surface area (Å²) in [7, 11) is 0.